The zero-order chi connectivity index (χ0) is 23.0. The van der Waals surface area contributed by atoms with Crippen molar-refractivity contribution < 1.29 is 28.0 Å². The maximum Gasteiger partial charge on any atom is 0.325 e. The SMILES string of the molecule is C[C@]1(c2ccc(F)c(F)c2)NC(=O)N(CC(=O)Nc2ccc(N3CCCC3=O)cc2)C1=O. The van der Waals surface area contributed by atoms with Crippen LogP contribution in [0.5, 0.6) is 0 Å². The zero-order valence-corrected chi connectivity index (χ0v) is 17.2. The molecule has 10 heteroatoms. The van der Waals surface area contributed by atoms with Crippen molar-refractivity contribution in [2.45, 2.75) is 25.3 Å². The summed E-state index contributed by atoms with van der Waals surface area (Å²) in [6.07, 6.45) is 1.31. The molecule has 0 aromatic heterocycles. The first-order valence-corrected chi connectivity index (χ1v) is 9.99. The molecule has 2 aromatic carbocycles. The molecule has 166 valence electrons. The fourth-order valence-electron chi connectivity index (χ4n) is 3.83. The normalized spacial score (nSPS) is 20.7. The molecule has 2 aliphatic rings. The van der Waals surface area contributed by atoms with Crippen LogP contribution in [-0.4, -0.2) is 41.7 Å². The molecule has 32 heavy (non-hydrogen) atoms. The third-order valence-electron chi connectivity index (χ3n) is 5.61. The van der Waals surface area contributed by atoms with Gasteiger partial charge < -0.3 is 15.5 Å². The van der Waals surface area contributed by atoms with Crippen LogP contribution in [0, 0.1) is 11.6 Å². The number of carbonyl (C=O) groups excluding carboxylic acids is 4. The quantitative estimate of drug-likeness (QED) is 0.695. The van der Waals surface area contributed by atoms with E-state index in [4.69, 9.17) is 0 Å². The number of hydrogen-bond donors (Lipinski definition) is 2. The first-order valence-electron chi connectivity index (χ1n) is 9.99. The second-order valence-corrected chi connectivity index (χ2v) is 7.82. The molecule has 2 saturated heterocycles. The van der Waals surface area contributed by atoms with Crippen molar-refractivity contribution in [1.82, 2.24) is 10.2 Å². The monoisotopic (exact) mass is 442 g/mol. The first kappa shape index (κ1) is 21.4. The van der Waals surface area contributed by atoms with Crippen LogP contribution in [0.2, 0.25) is 0 Å². The van der Waals surface area contributed by atoms with Crippen molar-refractivity contribution in [3.8, 4) is 0 Å². The van der Waals surface area contributed by atoms with Gasteiger partial charge >= 0.3 is 6.03 Å². The molecular weight excluding hydrogens is 422 g/mol. The summed E-state index contributed by atoms with van der Waals surface area (Å²) in [5.74, 6) is -3.56. The molecule has 8 nitrogen and oxygen atoms in total. The van der Waals surface area contributed by atoms with Gasteiger partial charge in [-0.1, -0.05) is 6.07 Å². The molecule has 2 fully saturated rings. The number of urea groups is 1. The van der Waals surface area contributed by atoms with E-state index in [2.05, 4.69) is 10.6 Å². The van der Waals surface area contributed by atoms with Gasteiger partial charge in [0.25, 0.3) is 5.91 Å². The molecule has 2 aliphatic heterocycles. The average Bonchev–Trinajstić information content (AvgIpc) is 3.27. The molecular formula is C22H20F2N4O4. The van der Waals surface area contributed by atoms with Crippen molar-refractivity contribution in [2.75, 3.05) is 23.3 Å². The Morgan fingerprint density at radius 2 is 1.81 bits per heavy atom. The molecule has 0 aliphatic carbocycles. The van der Waals surface area contributed by atoms with Crippen LogP contribution in [0.15, 0.2) is 42.5 Å². The summed E-state index contributed by atoms with van der Waals surface area (Å²) in [6.45, 7) is 1.44. The van der Waals surface area contributed by atoms with Crippen LogP contribution in [-0.2, 0) is 19.9 Å². The van der Waals surface area contributed by atoms with Crippen LogP contribution in [0.3, 0.4) is 0 Å². The highest BCUT2D eigenvalue weighted by atomic mass is 19.2. The predicted molar refractivity (Wildman–Crippen MR) is 111 cm³/mol. The van der Waals surface area contributed by atoms with E-state index in [1.165, 1.54) is 13.0 Å². The largest absolute Gasteiger partial charge is 0.325 e. The third-order valence-corrected chi connectivity index (χ3v) is 5.61. The van der Waals surface area contributed by atoms with Gasteiger partial charge in [-0.05, 0) is 55.3 Å². The summed E-state index contributed by atoms with van der Waals surface area (Å²) >= 11 is 0. The smallest absolute Gasteiger partial charge is 0.325 e. The highest BCUT2D eigenvalue weighted by Crippen LogP contribution is 2.30. The number of halogens is 2. The van der Waals surface area contributed by atoms with E-state index < -0.39 is 41.6 Å². The Balaban J connectivity index is 1.43. The number of hydrogen-bond acceptors (Lipinski definition) is 4. The van der Waals surface area contributed by atoms with Crippen molar-refractivity contribution >= 4 is 35.1 Å². The number of nitrogens with zero attached hydrogens (tertiary/aromatic N) is 2. The fourth-order valence-corrected chi connectivity index (χ4v) is 3.83. The van der Waals surface area contributed by atoms with Crippen molar-refractivity contribution in [3.63, 3.8) is 0 Å². The van der Waals surface area contributed by atoms with Gasteiger partial charge in [0.05, 0.1) is 0 Å². The number of rotatable bonds is 5. The van der Waals surface area contributed by atoms with E-state index in [1.807, 2.05) is 0 Å². The molecule has 0 unspecified atom stereocenters. The van der Waals surface area contributed by atoms with Gasteiger partial charge in [-0.2, -0.15) is 0 Å². The van der Waals surface area contributed by atoms with E-state index >= 15 is 0 Å². The summed E-state index contributed by atoms with van der Waals surface area (Å²) in [4.78, 5) is 51.8. The zero-order valence-electron chi connectivity index (χ0n) is 17.2. The molecule has 0 bridgehead atoms. The topological polar surface area (TPSA) is 98.8 Å². The van der Waals surface area contributed by atoms with Gasteiger partial charge in [0.2, 0.25) is 11.8 Å². The van der Waals surface area contributed by atoms with E-state index in [9.17, 15) is 28.0 Å². The maximum atomic E-state index is 13.6. The van der Waals surface area contributed by atoms with Crippen molar-refractivity contribution in [3.05, 3.63) is 59.7 Å². The van der Waals surface area contributed by atoms with Crippen LogP contribution < -0.4 is 15.5 Å². The van der Waals surface area contributed by atoms with E-state index in [0.717, 1.165) is 24.2 Å². The molecule has 2 heterocycles. The standard InChI is InChI=1S/C22H20F2N4O4/c1-22(13-4-9-16(23)17(24)11-13)20(31)28(21(32)26-22)12-18(29)25-14-5-7-15(8-6-14)27-10-2-3-19(27)30/h4-9,11H,2-3,10,12H2,1H3,(H,25,29)(H,26,32)/t22-/m1/s1. The lowest BCUT2D eigenvalue weighted by Gasteiger charge is -2.22. The minimum absolute atomic E-state index is 0.0458. The van der Waals surface area contributed by atoms with Gasteiger partial charge in [-0.3, -0.25) is 19.3 Å². The molecule has 2 N–H and O–H groups in total. The van der Waals surface area contributed by atoms with Gasteiger partial charge in [-0.25, -0.2) is 13.6 Å². The molecule has 0 radical (unpaired) electrons. The number of anilines is 2. The minimum Gasteiger partial charge on any atom is -0.325 e. The highest BCUT2D eigenvalue weighted by molar-refractivity contribution is 6.10. The second-order valence-electron chi connectivity index (χ2n) is 7.82. The van der Waals surface area contributed by atoms with Gasteiger partial charge in [-0.15, -0.1) is 0 Å². The Kier molecular flexibility index (Phi) is 5.37. The molecule has 4 rings (SSSR count). The summed E-state index contributed by atoms with van der Waals surface area (Å²) < 4.78 is 26.9. The van der Waals surface area contributed by atoms with Gasteiger partial charge in [0.15, 0.2) is 11.6 Å². The lowest BCUT2D eigenvalue weighted by atomic mass is 9.92. The molecule has 0 spiro atoms. The first-order chi connectivity index (χ1) is 15.2. The predicted octanol–water partition coefficient (Wildman–Crippen LogP) is 2.50. The Morgan fingerprint density at radius 1 is 1.09 bits per heavy atom. The van der Waals surface area contributed by atoms with E-state index in [-0.39, 0.29) is 11.5 Å². The van der Waals surface area contributed by atoms with Crippen molar-refractivity contribution in [2.24, 2.45) is 0 Å². The lowest BCUT2D eigenvalue weighted by molar-refractivity contribution is -0.133. The maximum absolute atomic E-state index is 13.6. The Morgan fingerprint density at radius 3 is 2.44 bits per heavy atom. The Labute approximate surface area is 182 Å². The van der Waals surface area contributed by atoms with Gasteiger partial charge in [0.1, 0.15) is 12.1 Å². The number of nitrogens with one attached hydrogen (secondary N) is 2. The molecule has 0 saturated carbocycles. The lowest BCUT2D eigenvalue weighted by Crippen LogP contribution is -2.42. The van der Waals surface area contributed by atoms with E-state index in [1.54, 1.807) is 29.2 Å². The number of carbonyl (C=O) groups is 4. The molecule has 2 aromatic rings. The second kappa shape index (κ2) is 8.03. The van der Waals surface area contributed by atoms with Crippen LogP contribution in [0.25, 0.3) is 0 Å². The number of imide groups is 1. The average molecular weight is 442 g/mol. The van der Waals surface area contributed by atoms with Crippen LogP contribution in [0.1, 0.15) is 25.3 Å². The summed E-state index contributed by atoms with van der Waals surface area (Å²) in [6, 6.07) is 8.73. The number of benzene rings is 2. The Hall–Kier alpha value is -3.82. The Bertz CT molecular complexity index is 1120. The van der Waals surface area contributed by atoms with Crippen molar-refractivity contribution in [1.29, 1.82) is 0 Å². The summed E-state index contributed by atoms with van der Waals surface area (Å²) in [5, 5.41) is 5.03. The van der Waals surface area contributed by atoms with Gasteiger partial charge in [0, 0.05) is 24.3 Å². The molecule has 1 atom stereocenters. The minimum atomic E-state index is -1.63. The number of amides is 5. The van der Waals surface area contributed by atoms with Crippen LogP contribution in [0.4, 0.5) is 25.0 Å². The summed E-state index contributed by atoms with van der Waals surface area (Å²) in [7, 11) is 0. The molecule has 5 amide bonds. The van der Waals surface area contributed by atoms with Crippen LogP contribution >= 0.6 is 0 Å². The fraction of sp³-hybridized carbons (Fsp3) is 0.273. The third kappa shape index (κ3) is 3.79. The summed E-state index contributed by atoms with van der Waals surface area (Å²) in [5.41, 5.74) is -0.414. The highest BCUT2D eigenvalue weighted by Gasteiger charge is 2.49. The van der Waals surface area contributed by atoms with E-state index in [0.29, 0.717) is 23.6 Å².